The fourth-order valence-corrected chi connectivity index (χ4v) is 4.28. The molecule has 5 nitrogen and oxygen atoms in total. The van der Waals surface area contributed by atoms with Crippen molar-refractivity contribution in [1.82, 2.24) is 10.0 Å². The fourth-order valence-electron chi connectivity index (χ4n) is 2.06. The highest BCUT2D eigenvalue weighted by Crippen LogP contribution is 2.15. The van der Waals surface area contributed by atoms with Crippen LogP contribution < -0.4 is 10.0 Å². The molecule has 0 radical (unpaired) electrons. The van der Waals surface area contributed by atoms with Gasteiger partial charge in [-0.1, -0.05) is 36.4 Å². The molecule has 0 fully saturated rings. The molecule has 0 saturated heterocycles. The van der Waals surface area contributed by atoms with Gasteiger partial charge in [-0.2, -0.15) is 4.72 Å². The van der Waals surface area contributed by atoms with E-state index in [1.165, 1.54) is 18.6 Å². The van der Waals surface area contributed by atoms with Gasteiger partial charge in [-0.3, -0.25) is 4.79 Å². The number of hydrogen-bond acceptors (Lipinski definition) is 4. The number of benzene rings is 1. The number of rotatable bonds is 8. The Morgan fingerprint density at radius 2 is 1.91 bits per heavy atom. The van der Waals surface area contributed by atoms with Crippen molar-refractivity contribution in [2.75, 3.05) is 6.54 Å². The van der Waals surface area contributed by atoms with Gasteiger partial charge in [0, 0.05) is 6.54 Å². The summed E-state index contributed by atoms with van der Waals surface area (Å²) in [5.74, 6) is -0.321. The predicted octanol–water partition coefficient (Wildman–Crippen LogP) is 2.16. The summed E-state index contributed by atoms with van der Waals surface area (Å²) < 4.78 is 26.7. The van der Waals surface area contributed by atoms with E-state index in [2.05, 4.69) is 10.0 Å². The zero-order valence-electron chi connectivity index (χ0n) is 12.9. The summed E-state index contributed by atoms with van der Waals surface area (Å²) in [6.07, 6.45) is 1.68. The molecule has 124 valence electrons. The minimum Gasteiger partial charge on any atom is -0.355 e. The SMILES string of the molecule is C[C@@H](NS(=O)(=O)c1cccs1)C(=O)NCCCc1ccccc1. The highest BCUT2D eigenvalue weighted by Gasteiger charge is 2.22. The Balaban J connectivity index is 1.75. The Labute approximate surface area is 140 Å². The molecule has 7 heteroatoms. The van der Waals surface area contributed by atoms with Crippen LogP contribution in [0.3, 0.4) is 0 Å². The summed E-state index contributed by atoms with van der Waals surface area (Å²) in [6, 6.07) is 12.4. The maximum absolute atomic E-state index is 12.0. The summed E-state index contributed by atoms with van der Waals surface area (Å²) >= 11 is 1.12. The van der Waals surface area contributed by atoms with Gasteiger partial charge in [-0.15, -0.1) is 11.3 Å². The molecule has 1 amide bonds. The van der Waals surface area contributed by atoms with Crippen LogP contribution in [0.5, 0.6) is 0 Å². The van der Waals surface area contributed by atoms with Gasteiger partial charge in [0.15, 0.2) is 0 Å². The summed E-state index contributed by atoms with van der Waals surface area (Å²) in [6.45, 7) is 2.05. The third-order valence-electron chi connectivity index (χ3n) is 3.27. The molecule has 0 spiro atoms. The molecule has 0 saturated carbocycles. The Bertz CT molecular complexity index is 713. The third kappa shape index (κ3) is 5.46. The Morgan fingerprint density at radius 3 is 2.57 bits per heavy atom. The Kier molecular flexibility index (Phi) is 6.32. The largest absolute Gasteiger partial charge is 0.355 e. The number of carbonyl (C=O) groups is 1. The molecule has 0 aliphatic heterocycles. The van der Waals surface area contributed by atoms with Gasteiger partial charge in [-0.25, -0.2) is 8.42 Å². The van der Waals surface area contributed by atoms with E-state index in [1.54, 1.807) is 11.4 Å². The van der Waals surface area contributed by atoms with E-state index < -0.39 is 16.1 Å². The number of sulfonamides is 1. The lowest BCUT2D eigenvalue weighted by Gasteiger charge is -2.13. The quantitative estimate of drug-likeness (QED) is 0.715. The van der Waals surface area contributed by atoms with E-state index in [0.717, 1.165) is 24.2 Å². The first-order valence-corrected chi connectivity index (χ1v) is 9.73. The van der Waals surface area contributed by atoms with Crippen molar-refractivity contribution in [3.63, 3.8) is 0 Å². The van der Waals surface area contributed by atoms with Gasteiger partial charge in [-0.05, 0) is 36.8 Å². The smallest absolute Gasteiger partial charge is 0.250 e. The zero-order chi connectivity index (χ0) is 16.7. The van der Waals surface area contributed by atoms with Crippen LogP contribution in [0.25, 0.3) is 0 Å². The molecule has 1 aromatic heterocycles. The lowest BCUT2D eigenvalue weighted by Crippen LogP contribution is -2.44. The normalized spacial score (nSPS) is 12.7. The first-order chi connectivity index (χ1) is 11.0. The summed E-state index contributed by atoms with van der Waals surface area (Å²) in [4.78, 5) is 12.0. The average Bonchev–Trinajstić information content (AvgIpc) is 3.07. The fraction of sp³-hybridized carbons (Fsp3) is 0.312. The summed E-state index contributed by atoms with van der Waals surface area (Å²) in [5, 5.41) is 4.44. The zero-order valence-corrected chi connectivity index (χ0v) is 14.5. The van der Waals surface area contributed by atoms with Crippen LogP contribution in [0.15, 0.2) is 52.1 Å². The number of thiophene rings is 1. The second-order valence-electron chi connectivity index (χ2n) is 5.16. The molecule has 1 atom stereocenters. The van der Waals surface area contributed by atoms with Gasteiger partial charge < -0.3 is 5.32 Å². The van der Waals surface area contributed by atoms with Crippen LogP contribution in [-0.2, 0) is 21.2 Å². The number of aryl methyl sites for hydroxylation is 1. The Hall–Kier alpha value is -1.70. The van der Waals surface area contributed by atoms with Crippen LogP contribution in [-0.4, -0.2) is 26.9 Å². The molecule has 2 aromatic rings. The Morgan fingerprint density at radius 1 is 1.17 bits per heavy atom. The molecule has 0 bridgehead atoms. The van der Waals surface area contributed by atoms with Crippen molar-refractivity contribution in [3.05, 3.63) is 53.4 Å². The van der Waals surface area contributed by atoms with E-state index in [9.17, 15) is 13.2 Å². The lowest BCUT2D eigenvalue weighted by atomic mass is 10.1. The van der Waals surface area contributed by atoms with E-state index >= 15 is 0 Å². The molecule has 2 rings (SSSR count). The molecule has 2 N–H and O–H groups in total. The highest BCUT2D eigenvalue weighted by molar-refractivity contribution is 7.91. The van der Waals surface area contributed by atoms with Crippen LogP contribution >= 0.6 is 11.3 Å². The lowest BCUT2D eigenvalue weighted by molar-refractivity contribution is -0.122. The van der Waals surface area contributed by atoms with Crippen molar-refractivity contribution < 1.29 is 13.2 Å². The van der Waals surface area contributed by atoms with Gasteiger partial charge in [0.1, 0.15) is 4.21 Å². The second kappa shape index (κ2) is 8.24. The van der Waals surface area contributed by atoms with Gasteiger partial charge in [0.05, 0.1) is 6.04 Å². The van der Waals surface area contributed by atoms with Crippen LogP contribution in [0, 0.1) is 0 Å². The molecule has 1 heterocycles. The van der Waals surface area contributed by atoms with Gasteiger partial charge in [0.2, 0.25) is 5.91 Å². The van der Waals surface area contributed by atoms with Crippen molar-refractivity contribution in [1.29, 1.82) is 0 Å². The topological polar surface area (TPSA) is 75.3 Å². The number of hydrogen-bond donors (Lipinski definition) is 2. The summed E-state index contributed by atoms with van der Waals surface area (Å²) in [5.41, 5.74) is 1.22. The van der Waals surface area contributed by atoms with Crippen molar-refractivity contribution in [3.8, 4) is 0 Å². The first kappa shape index (κ1) is 17.7. The highest BCUT2D eigenvalue weighted by atomic mass is 32.2. The monoisotopic (exact) mass is 352 g/mol. The molecule has 1 aromatic carbocycles. The molecule has 0 aliphatic carbocycles. The minimum atomic E-state index is -3.63. The van der Waals surface area contributed by atoms with E-state index in [4.69, 9.17) is 0 Å². The predicted molar refractivity (Wildman–Crippen MR) is 91.9 cm³/mol. The average molecular weight is 352 g/mol. The standard InChI is InChI=1S/C16H20N2O3S2/c1-13(18-23(20,21)15-10-6-12-22-15)16(19)17-11-5-9-14-7-3-2-4-8-14/h2-4,6-8,10,12-13,18H,5,9,11H2,1H3,(H,17,19)/t13-/m1/s1. The second-order valence-corrected chi connectivity index (χ2v) is 8.04. The maximum Gasteiger partial charge on any atom is 0.250 e. The van der Waals surface area contributed by atoms with E-state index in [1.807, 2.05) is 30.3 Å². The van der Waals surface area contributed by atoms with Crippen LogP contribution in [0.1, 0.15) is 18.9 Å². The minimum absolute atomic E-state index is 0.209. The molecular weight excluding hydrogens is 332 g/mol. The number of carbonyl (C=O) groups excluding carboxylic acids is 1. The van der Waals surface area contributed by atoms with Crippen LogP contribution in [0.4, 0.5) is 0 Å². The third-order valence-corrected chi connectivity index (χ3v) is 6.21. The molecule has 0 unspecified atom stereocenters. The number of nitrogens with one attached hydrogen (secondary N) is 2. The van der Waals surface area contributed by atoms with Crippen molar-refractivity contribution in [2.24, 2.45) is 0 Å². The molecule has 0 aliphatic rings. The molecular formula is C16H20N2O3S2. The van der Waals surface area contributed by atoms with E-state index in [0.29, 0.717) is 6.54 Å². The van der Waals surface area contributed by atoms with Gasteiger partial charge >= 0.3 is 0 Å². The van der Waals surface area contributed by atoms with E-state index in [-0.39, 0.29) is 10.1 Å². The summed E-state index contributed by atoms with van der Waals surface area (Å²) in [7, 11) is -3.63. The first-order valence-electron chi connectivity index (χ1n) is 7.36. The van der Waals surface area contributed by atoms with Crippen molar-refractivity contribution >= 4 is 27.3 Å². The van der Waals surface area contributed by atoms with Crippen LogP contribution in [0.2, 0.25) is 0 Å². The van der Waals surface area contributed by atoms with Gasteiger partial charge in [0.25, 0.3) is 10.0 Å². The van der Waals surface area contributed by atoms with Crippen molar-refractivity contribution in [2.45, 2.75) is 30.0 Å². The maximum atomic E-state index is 12.0. The molecule has 23 heavy (non-hydrogen) atoms. The number of amides is 1.